The fourth-order valence-corrected chi connectivity index (χ4v) is 3.51. The van der Waals surface area contributed by atoms with Crippen LogP contribution in [-0.2, 0) is 25.6 Å². The van der Waals surface area contributed by atoms with E-state index < -0.39 is 34.5 Å². The third kappa shape index (κ3) is 6.19. The van der Waals surface area contributed by atoms with Gasteiger partial charge in [0.25, 0.3) is 10.1 Å². The molecule has 26 heavy (non-hydrogen) atoms. The van der Waals surface area contributed by atoms with E-state index in [1.165, 1.54) is 0 Å². The van der Waals surface area contributed by atoms with Gasteiger partial charge in [0.2, 0.25) is 0 Å². The second kappa shape index (κ2) is 8.86. The van der Waals surface area contributed by atoms with E-state index in [1.807, 2.05) is 30.3 Å². The van der Waals surface area contributed by atoms with Crippen LogP contribution in [-0.4, -0.2) is 62.1 Å². The largest absolute Gasteiger partial charge is 0.465 e. The van der Waals surface area contributed by atoms with Crippen LogP contribution in [0, 0.1) is 0 Å². The summed E-state index contributed by atoms with van der Waals surface area (Å²) >= 11 is 0. The molecule has 0 bridgehead atoms. The summed E-state index contributed by atoms with van der Waals surface area (Å²) in [7, 11) is -3.70. The van der Waals surface area contributed by atoms with Crippen LogP contribution in [0.1, 0.15) is 18.4 Å². The first-order valence-electron chi connectivity index (χ1n) is 8.08. The van der Waals surface area contributed by atoms with Crippen LogP contribution in [0.25, 0.3) is 0 Å². The van der Waals surface area contributed by atoms with E-state index in [-0.39, 0.29) is 32.5 Å². The minimum atomic E-state index is -3.70. The molecule has 1 aliphatic heterocycles. The van der Waals surface area contributed by atoms with Gasteiger partial charge < -0.3 is 20.1 Å². The van der Waals surface area contributed by atoms with Gasteiger partial charge in [-0.2, -0.15) is 8.42 Å². The molecule has 1 fully saturated rings. The molecule has 0 aromatic heterocycles. The van der Waals surface area contributed by atoms with Crippen molar-refractivity contribution in [3.63, 3.8) is 0 Å². The van der Waals surface area contributed by atoms with Crippen LogP contribution < -0.4 is 5.32 Å². The molecule has 1 aliphatic rings. The quantitative estimate of drug-likeness (QED) is 0.679. The summed E-state index contributed by atoms with van der Waals surface area (Å²) in [4.78, 5) is 24.1. The van der Waals surface area contributed by atoms with Gasteiger partial charge in [-0.1, -0.05) is 30.3 Å². The Morgan fingerprint density at radius 3 is 2.62 bits per heavy atom. The lowest BCUT2D eigenvalue weighted by molar-refractivity contribution is 0.108. The summed E-state index contributed by atoms with van der Waals surface area (Å²) in [6, 6.07) is 8.51. The van der Waals surface area contributed by atoms with E-state index in [0.717, 1.165) is 16.7 Å². The molecule has 9 nitrogen and oxygen atoms in total. The number of amides is 2. The standard InChI is InChI=1S/C16H22N2O7S/c1-26(22,23)25-14-8-10-18(16(20)21)13(14)7-9-17-15(19)24-11-12-5-3-2-4-6-12/h2-6,13-14H,7-11H2,1H3,(H,17,19)(H,20,21)/t13-,14+/m1/s1. The summed E-state index contributed by atoms with van der Waals surface area (Å²) in [5, 5.41) is 11.8. The number of carbonyl (C=O) groups is 2. The first-order chi connectivity index (χ1) is 12.3. The average molecular weight is 386 g/mol. The van der Waals surface area contributed by atoms with Crippen LogP contribution in [0.4, 0.5) is 9.59 Å². The highest BCUT2D eigenvalue weighted by Crippen LogP contribution is 2.24. The Balaban J connectivity index is 1.82. The molecule has 0 spiro atoms. The van der Waals surface area contributed by atoms with Gasteiger partial charge in [0.05, 0.1) is 18.4 Å². The van der Waals surface area contributed by atoms with E-state index in [2.05, 4.69) is 5.32 Å². The normalized spacial score (nSPS) is 20.0. The number of hydrogen-bond acceptors (Lipinski definition) is 6. The summed E-state index contributed by atoms with van der Waals surface area (Å²) in [6.07, 6.45) is -1.12. The Hall–Kier alpha value is -2.33. The SMILES string of the molecule is CS(=O)(=O)O[C@H]1CCN(C(=O)O)[C@@H]1CCNC(=O)OCc1ccccc1. The number of benzene rings is 1. The molecular weight excluding hydrogens is 364 g/mol. The number of carboxylic acid groups (broad SMARTS) is 1. The first-order valence-corrected chi connectivity index (χ1v) is 9.90. The van der Waals surface area contributed by atoms with Gasteiger partial charge in [0, 0.05) is 13.1 Å². The van der Waals surface area contributed by atoms with Crippen molar-refractivity contribution in [3.8, 4) is 0 Å². The van der Waals surface area contributed by atoms with E-state index in [1.54, 1.807) is 0 Å². The summed E-state index contributed by atoms with van der Waals surface area (Å²) in [6.45, 7) is 0.432. The van der Waals surface area contributed by atoms with Gasteiger partial charge >= 0.3 is 12.2 Å². The van der Waals surface area contributed by atoms with Crippen molar-refractivity contribution in [1.82, 2.24) is 10.2 Å². The van der Waals surface area contributed by atoms with Gasteiger partial charge in [-0.15, -0.1) is 0 Å². The predicted molar refractivity (Wildman–Crippen MR) is 92.1 cm³/mol. The van der Waals surface area contributed by atoms with Crippen molar-refractivity contribution < 1.29 is 32.0 Å². The van der Waals surface area contributed by atoms with E-state index in [4.69, 9.17) is 8.92 Å². The third-order valence-electron chi connectivity index (χ3n) is 3.95. The number of ether oxygens (including phenoxy) is 1. The molecule has 2 amide bonds. The zero-order valence-electron chi connectivity index (χ0n) is 14.3. The molecule has 1 heterocycles. The number of nitrogens with one attached hydrogen (secondary N) is 1. The Morgan fingerprint density at radius 2 is 2.00 bits per heavy atom. The number of hydrogen-bond donors (Lipinski definition) is 2. The molecule has 1 aromatic rings. The number of carbonyl (C=O) groups excluding carboxylic acids is 1. The summed E-state index contributed by atoms with van der Waals surface area (Å²) in [5.41, 5.74) is 0.845. The first kappa shape index (κ1) is 20.0. The van der Waals surface area contributed by atoms with Crippen LogP contribution in [0.15, 0.2) is 30.3 Å². The smallest absolute Gasteiger partial charge is 0.407 e. The molecule has 0 aliphatic carbocycles. The van der Waals surface area contributed by atoms with Gasteiger partial charge in [-0.3, -0.25) is 4.18 Å². The monoisotopic (exact) mass is 386 g/mol. The lowest BCUT2D eigenvalue weighted by Gasteiger charge is -2.25. The van der Waals surface area contributed by atoms with Crippen molar-refractivity contribution >= 4 is 22.3 Å². The molecule has 1 aromatic carbocycles. The topological polar surface area (TPSA) is 122 Å². The second-order valence-corrected chi connectivity index (χ2v) is 7.55. The summed E-state index contributed by atoms with van der Waals surface area (Å²) < 4.78 is 32.7. The number of alkyl carbamates (subject to hydrolysis) is 1. The van der Waals surface area contributed by atoms with Crippen molar-refractivity contribution in [3.05, 3.63) is 35.9 Å². The van der Waals surface area contributed by atoms with Gasteiger partial charge in [0.15, 0.2) is 0 Å². The zero-order chi connectivity index (χ0) is 19.2. The molecule has 0 saturated carbocycles. The van der Waals surface area contributed by atoms with Crippen LogP contribution >= 0.6 is 0 Å². The van der Waals surface area contributed by atoms with Gasteiger partial charge in [-0.25, -0.2) is 9.59 Å². The minimum Gasteiger partial charge on any atom is -0.465 e. The van der Waals surface area contributed by atoms with Crippen LogP contribution in [0.3, 0.4) is 0 Å². The third-order valence-corrected chi connectivity index (χ3v) is 4.55. The van der Waals surface area contributed by atoms with Crippen molar-refractivity contribution in [1.29, 1.82) is 0 Å². The highest BCUT2D eigenvalue weighted by Gasteiger charge is 2.39. The lowest BCUT2D eigenvalue weighted by Crippen LogP contribution is -2.42. The Bertz CT molecular complexity index is 723. The molecule has 0 radical (unpaired) electrons. The maximum Gasteiger partial charge on any atom is 0.407 e. The zero-order valence-corrected chi connectivity index (χ0v) is 15.1. The van der Waals surface area contributed by atoms with Crippen LogP contribution in [0.5, 0.6) is 0 Å². The highest BCUT2D eigenvalue weighted by atomic mass is 32.2. The van der Waals surface area contributed by atoms with Crippen molar-refractivity contribution in [2.75, 3.05) is 19.3 Å². The molecule has 2 rings (SSSR count). The molecule has 2 N–H and O–H groups in total. The van der Waals surface area contributed by atoms with Crippen LogP contribution in [0.2, 0.25) is 0 Å². The molecule has 144 valence electrons. The number of likely N-dealkylation sites (tertiary alicyclic amines) is 1. The van der Waals surface area contributed by atoms with Gasteiger partial charge in [0.1, 0.15) is 6.61 Å². The Morgan fingerprint density at radius 1 is 1.31 bits per heavy atom. The molecular formula is C16H22N2O7S. The minimum absolute atomic E-state index is 0.122. The molecule has 1 saturated heterocycles. The summed E-state index contributed by atoms with van der Waals surface area (Å²) in [5.74, 6) is 0. The fourth-order valence-electron chi connectivity index (χ4n) is 2.84. The highest BCUT2D eigenvalue weighted by molar-refractivity contribution is 7.86. The maximum atomic E-state index is 11.7. The fraction of sp³-hybridized carbons (Fsp3) is 0.500. The predicted octanol–water partition coefficient (Wildman–Crippen LogP) is 1.40. The van der Waals surface area contributed by atoms with Gasteiger partial charge in [-0.05, 0) is 18.4 Å². The molecule has 10 heteroatoms. The Kier molecular flexibility index (Phi) is 6.81. The Labute approximate surface area is 152 Å². The molecule has 0 unspecified atom stereocenters. The number of rotatable bonds is 7. The second-order valence-electron chi connectivity index (χ2n) is 5.95. The lowest BCUT2D eigenvalue weighted by atomic mass is 10.1. The van der Waals surface area contributed by atoms with E-state index in [0.29, 0.717) is 0 Å². The van der Waals surface area contributed by atoms with Crippen molar-refractivity contribution in [2.24, 2.45) is 0 Å². The average Bonchev–Trinajstić information content (AvgIpc) is 2.95. The van der Waals surface area contributed by atoms with Crippen molar-refractivity contribution in [2.45, 2.75) is 31.6 Å². The van der Waals surface area contributed by atoms with E-state index >= 15 is 0 Å². The van der Waals surface area contributed by atoms with E-state index in [9.17, 15) is 23.1 Å². The maximum absolute atomic E-state index is 11.7. The number of nitrogens with zero attached hydrogens (tertiary/aromatic N) is 1. The molecule has 2 atom stereocenters.